The summed E-state index contributed by atoms with van der Waals surface area (Å²) >= 11 is 0. The van der Waals surface area contributed by atoms with Crippen LogP contribution in [0, 0.1) is 17.8 Å². The number of carbonyl (C=O) groups excluding carboxylic acids is 7. The Labute approximate surface area is 316 Å². The van der Waals surface area contributed by atoms with Gasteiger partial charge in [-0.15, -0.1) is 0 Å². The molecule has 2 fully saturated rings. The molecular weight excluding hydrogens is 686 g/mol. The van der Waals surface area contributed by atoms with Crippen molar-refractivity contribution < 1.29 is 33.6 Å². The molecule has 2 unspecified atom stereocenters. The molecule has 2 aliphatic carbocycles. The Kier molecular flexibility index (Phi) is 14.7. The molecular formula is C42H53N5O7. The lowest BCUT2D eigenvalue weighted by Gasteiger charge is -2.29. The first kappa shape index (κ1) is 40.1. The lowest BCUT2D eigenvalue weighted by atomic mass is 9.84. The van der Waals surface area contributed by atoms with Crippen molar-refractivity contribution in [2.75, 3.05) is 6.54 Å². The molecule has 288 valence electrons. The van der Waals surface area contributed by atoms with E-state index in [-0.39, 0.29) is 37.5 Å². The first-order valence-corrected chi connectivity index (χ1v) is 19.4. The van der Waals surface area contributed by atoms with Gasteiger partial charge in [0.05, 0.1) is 0 Å². The molecule has 0 spiro atoms. The minimum Gasteiger partial charge on any atom is -0.368 e. The molecule has 12 heteroatoms. The van der Waals surface area contributed by atoms with Gasteiger partial charge in [0, 0.05) is 42.5 Å². The maximum Gasteiger partial charge on any atom is 0.244 e. The first-order chi connectivity index (χ1) is 26.0. The van der Waals surface area contributed by atoms with E-state index in [1.165, 1.54) is 0 Å². The molecule has 2 aromatic rings. The number of primary amides is 1. The molecule has 5 rings (SSSR count). The van der Waals surface area contributed by atoms with Crippen molar-refractivity contribution in [1.29, 1.82) is 0 Å². The van der Waals surface area contributed by atoms with E-state index in [4.69, 9.17) is 5.73 Å². The Morgan fingerprint density at radius 1 is 0.630 bits per heavy atom. The molecule has 5 amide bonds. The lowest BCUT2D eigenvalue weighted by Crippen LogP contribution is -2.55. The SMILES string of the molecule is NC(=O)C1CCCCNC(=O)C(Cc2ccc(C(=O)c3ccccc3)cc2)NC(=O)[C@H](CC2CCCCC2)NC(=O)[C@H](CC2CC2)CC(=O)C=CC(=O)N1. The van der Waals surface area contributed by atoms with Gasteiger partial charge in [-0.2, -0.15) is 0 Å². The second-order valence-electron chi connectivity index (χ2n) is 15.1. The van der Waals surface area contributed by atoms with Crippen LogP contribution in [0.15, 0.2) is 66.7 Å². The fourth-order valence-corrected chi connectivity index (χ4v) is 7.38. The summed E-state index contributed by atoms with van der Waals surface area (Å²) in [7, 11) is 0. The van der Waals surface area contributed by atoms with Crippen LogP contribution in [0.5, 0.6) is 0 Å². The van der Waals surface area contributed by atoms with E-state index in [0.29, 0.717) is 42.7 Å². The van der Waals surface area contributed by atoms with E-state index in [9.17, 15) is 33.6 Å². The third-order valence-electron chi connectivity index (χ3n) is 10.7. The van der Waals surface area contributed by atoms with Crippen LogP contribution in [-0.2, 0) is 35.2 Å². The number of allylic oxidation sites excluding steroid dienone is 1. The molecule has 12 nitrogen and oxygen atoms in total. The van der Waals surface area contributed by atoms with Gasteiger partial charge in [-0.05, 0) is 55.6 Å². The van der Waals surface area contributed by atoms with Gasteiger partial charge in [0.15, 0.2) is 11.6 Å². The van der Waals surface area contributed by atoms with Crippen molar-refractivity contribution >= 4 is 41.1 Å². The van der Waals surface area contributed by atoms with Gasteiger partial charge in [-0.1, -0.05) is 99.5 Å². The Morgan fingerprint density at radius 2 is 1.28 bits per heavy atom. The number of nitrogens with two attached hydrogens (primary N) is 1. The van der Waals surface area contributed by atoms with Crippen LogP contribution in [0.3, 0.4) is 0 Å². The lowest BCUT2D eigenvalue weighted by molar-refractivity contribution is -0.134. The monoisotopic (exact) mass is 739 g/mol. The second kappa shape index (κ2) is 19.8. The standard InChI is InChI=1S/C42H53N5O7/c43-39(51)34-13-7-8-22-44-41(53)35(25-29-16-18-31(19-17-29)38(50)30-11-5-2-6-12-30)47-42(54)36(24-27-9-3-1-4-10-27)46-40(52)32(23-28-14-15-28)26-33(48)20-21-37(49)45-34/h2,5-6,11-12,16-21,27-28,32,34-36H,1,3-4,7-10,13-15,22-26H2,(H2,43,51)(H,44,53)(H,45,49)(H,46,52)(H,47,54)/t32-,34?,35?,36+/m1/s1. The van der Waals surface area contributed by atoms with E-state index in [0.717, 1.165) is 62.7 Å². The number of nitrogens with one attached hydrogen (secondary N) is 4. The van der Waals surface area contributed by atoms with Gasteiger partial charge >= 0.3 is 0 Å². The zero-order chi connectivity index (χ0) is 38.5. The highest BCUT2D eigenvalue weighted by atomic mass is 16.2. The Balaban J connectivity index is 1.39. The highest BCUT2D eigenvalue weighted by molar-refractivity contribution is 6.09. The maximum absolute atomic E-state index is 14.2. The van der Waals surface area contributed by atoms with Crippen LogP contribution in [-0.4, -0.2) is 65.8 Å². The van der Waals surface area contributed by atoms with Crippen molar-refractivity contribution in [3.8, 4) is 0 Å². The molecule has 6 N–H and O–H groups in total. The summed E-state index contributed by atoms with van der Waals surface area (Å²) in [5.41, 5.74) is 7.30. The molecule has 4 atom stereocenters. The largest absolute Gasteiger partial charge is 0.368 e. The normalized spacial score (nSPS) is 24.4. The quantitative estimate of drug-likeness (QED) is 0.243. The minimum atomic E-state index is -1.00. The number of ketones is 2. The van der Waals surface area contributed by atoms with Gasteiger partial charge < -0.3 is 27.0 Å². The highest BCUT2D eigenvalue weighted by Crippen LogP contribution is 2.36. The molecule has 2 aromatic carbocycles. The first-order valence-electron chi connectivity index (χ1n) is 19.4. The fraction of sp³-hybridized carbons (Fsp3) is 0.500. The van der Waals surface area contributed by atoms with Crippen molar-refractivity contribution in [2.24, 2.45) is 23.5 Å². The fourth-order valence-electron chi connectivity index (χ4n) is 7.38. The predicted molar refractivity (Wildman–Crippen MR) is 203 cm³/mol. The number of amides is 5. The van der Waals surface area contributed by atoms with Crippen molar-refractivity contribution in [1.82, 2.24) is 21.3 Å². The molecule has 1 heterocycles. The van der Waals surface area contributed by atoms with Crippen LogP contribution in [0.2, 0.25) is 0 Å². The van der Waals surface area contributed by atoms with Gasteiger partial charge in [0.25, 0.3) is 0 Å². The number of rotatable bonds is 9. The highest BCUT2D eigenvalue weighted by Gasteiger charge is 2.35. The van der Waals surface area contributed by atoms with Gasteiger partial charge in [-0.25, -0.2) is 0 Å². The molecule has 3 aliphatic rings. The zero-order valence-electron chi connectivity index (χ0n) is 30.9. The third-order valence-corrected chi connectivity index (χ3v) is 10.7. The average molecular weight is 740 g/mol. The van der Waals surface area contributed by atoms with E-state index >= 15 is 0 Å². The second-order valence-corrected chi connectivity index (χ2v) is 15.1. The number of hydrogen-bond acceptors (Lipinski definition) is 7. The molecule has 54 heavy (non-hydrogen) atoms. The van der Waals surface area contributed by atoms with Crippen molar-refractivity contribution in [3.05, 3.63) is 83.4 Å². The smallest absolute Gasteiger partial charge is 0.244 e. The van der Waals surface area contributed by atoms with Crippen LogP contribution in [0.1, 0.15) is 105 Å². The van der Waals surface area contributed by atoms with E-state index in [2.05, 4.69) is 21.3 Å². The number of benzene rings is 2. The maximum atomic E-state index is 14.2. The summed E-state index contributed by atoms with van der Waals surface area (Å²) in [6.07, 6.45) is 11.2. The number of carbonyl (C=O) groups is 7. The zero-order valence-corrected chi connectivity index (χ0v) is 30.9. The van der Waals surface area contributed by atoms with Crippen LogP contribution >= 0.6 is 0 Å². The van der Waals surface area contributed by atoms with Gasteiger partial charge in [0.1, 0.15) is 18.1 Å². The average Bonchev–Trinajstić information content (AvgIpc) is 4.00. The van der Waals surface area contributed by atoms with Crippen LogP contribution in [0.4, 0.5) is 0 Å². The van der Waals surface area contributed by atoms with Gasteiger partial charge in [-0.3, -0.25) is 33.6 Å². The summed E-state index contributed by atoms with van der Waals surface area (Å²) in [6.45, 7) is 0.231. The van der Waals surface area contributed by atoms with Crippen molar-refractivity contribution in [2.45, 2.75) is 108 Å². The summed E-state index contributed by atoms with van der Waals surface area (Å²) in [5.74, 6) is -3.42. The molecule has 1 aliphatic heterocycles. The topological polar surface area (TPSA) is 194 Å². The Morgan fingerprint density at radius 3 is 1.96 bits per heavy atom. The Hall–Kier alpha value is -5.13. The molecule has 2 saturated carbocycles. The third kappa shape index (κ3) is 12.5. The van der Waals surface area contributed by atoms with Crippen molar-refractivity contribution in [3.63, 3.8) is 0 Å². The molecule has 0 radical (unpaired) electrons. The van der Waals surface area contributed by atoms with E-state index in [1.54, 1.807) is 48.5 Å². The van der Waals surface area contributed by atoms with Crippen LogP contribution in [0.25, 0.3) is 0 Å². The summed E-state index contributed by atoms with van der Waals surface area (Å²) in [5, 5.41) is 11.4. The number of hydrogen-bond donors (Lipinski definition) is 5. The minimum absolute atomic E-state index is 0.127. The predicted octanol–water partition coefficient (Wildman–Crippen LogP) is 3.60. The molecule has 0 bridgehead atoms. The summed E-state index contributed by atoms with van der Waals surface area (Å²) in [6, 6.07) is 13.0. The molecule has 0 saturated heterocycles. The summed E-state index contributed by atoms with van der Waals surface area (Å²) < 4.78 is 0. The van der Waals surface area contributed by atoms with Crippen LogP contribution < -0.4 is 27.0 Å². The van der Waals surface area contributed by atoms with E-state index < -0.39 is 59.4 Å². The Bertz CT molecular complexity index is 1680. The molecule has 0 aromatic heterocycles. The van der Waals surface area contributed by atoms with Gasteiger partial charge in [0.2, 0.25) is 29.5 Å². The summed E-state index contributed by atoms with van der Waals surface area (Å²) in [4.78, 5) is 92.6. The van der Waals surface area contributed by atoms with E-state index in [1.807, 2.05) is 6.07 Å².